The van der Waals surface area contributed by atoms with E-state index in [4.69, 9.17) is 4.74 Å². The molecule has 0 aliphatic carbocycles. The molecule has 0 saturated heterocycles. The second kappa shape index (κ2) is 7.17. The lowest BCUT2D eigenvalue weighted by molar-refractivity contribution is -0.123. The average molecular weight is 308 g/mol. The minimum absolute atomic E-state index is 0.121. The molecule has 2 aromatic rings. The summed E-state index contributed by atoms with van der Waals surface area (Å²) in [5, 5.41) is 3.80. The largest absolute Gasteiger partial charge is 0.484 e. The molecule has 0 saturated carbocycles. The lowest BCUT2D eigenvalue weighted by atomic mass is 10.3. The molecule has 0 fully saturated rings. The summed E-state index contributed by atoms with van der Waals surface area (Å²) in [6.45, 7) is 4.35. The first kappa shape index (κ1) is 15.4. The quantitative estimate of drug-likeness (QED) is 0.892. The van der Waals surface area contributed by atoms with Crippen molar-refractivity contribution in [2.75, 3.05) is 13.2 Å². The maximum absolute atomic E-state index is 12.9. The molecule has 1 aromatic carbocycles. The molecular formula is C15H17FN2O2S. The van der Waals surface area contributed by atoms with Crippen molar-refractivity contribution in [2.45, 2.75) is 20.3 Å². The summed E-state index contributed by atoms with van der Waals surface area (Å²) in [6, 6.07) is 5.72. The Morgan fingerprint density at radius 2 is 2.24 bits per heavy atom. The van der Waals surface area contributed by atoms with Gasteiger partial charge < -0.3 is 10.1 Å². The maximum Gasteiger partial charge on any atom is 0.257 e. The van der Waals surface area contributed by atoms with Crippen molar-refractivity contribution in [3.8, 4) is 5.75 Å². The van der Waals surface area contributed by atoms with Gasteiger partial charge in [0.1, 0.15) is 11.6 Å². The van der Waals surface area contributed by atoms with E-state index in [1.807, 2.05) is 13.8 Å². The summed E-state index contributed by atoms with van der Waals surface area (Å²) in [7, 11) is 0. The number of rotatable bonds is 6. The van der Waals surface area contributed by atoms with Crippen LogP contribution in [-0.4, -0.2) is 24.0 Å². The zero-order valence-electron chi connectivity index (χ0n) is 12.0. The van der Waals surface area contributed by atoms with Gasteiger partial charge >= 0.3 is 0 Å². The van der Waals surface area contributed by atoms with Crippen molar-refractivity contribution in [1.82, 2.24) is 10.3 Å². The van der Waals surface area contributed by atoms with E-state index in [2.05, 4.69) is 10.3 Å². The number of aromatic nitrogens is 1. The normalized spacial score (nSPS) is 10.4. The first-order valence-corrected chi connectivity index (χ1v) is 7.44. The Balaban J connectivity index is 1.71. The molecule has 21 heavy (non-hydrogen) atoms. The maximum atomic E-state index is 12.9. The number of amides is 1. The minimum Gasteiger partial charge on any atom is -0.484 e. The Bertz CT molecular complexity index is 628. The topological polar surface area (TPSA) is 51.2 Å². The fourth-order valence-electron chi connectivity index (χ4n) is 1.88. The highest BCUT2D eigenvalue weighted by Crippen LogP contribution is 2.17. The van der Waals surface area contributed by atoms with Gasteiger partial charge in [0, 0.05) is 23.9 Å². The standard InChI is InChI=1S/C15H17FN2O2S/c1-10-14(21-11(2)18-10)6-7-17-15(19)9-20-13-5-3-4-12(16)8-13/h3-5,8H,6-7,9H2,1-2H3,(H,17,19). The molecular weight excluding hydrogens is 291 g/mol. The number of benzene rings is 1. The summed E-state index contributed by atoms with van der Waals surface area (Å²) < 4.78 is 18.2. The van der Waals surface area contributed by atoms with Crippen LogP contribution in [0.3, 0.4) is 0 Å². The second-order valence-corrected chi connectivity index (χ2v) is 5.88. The summed E-state index contributed by atoms with van der Waals surface area (Å²) in [5.41, 5.74) is 1.02. The number of aryl methyl sites for hydroxylation is 2. The number of nitrogens with zero attached hydrogens (tertiary/aromatic N) is 1. The van der Waals surface area contributed by atoms with Crippen molar-refractivity contribution in [1.29, 1.82) is 0 Å². The highest BCUT2D eigenvalue weighted by atomic mass is 32.1. The molecule has 0 bridgehead atoms. The van der Waals surface area contributed by atoms with Crippen molar-refractivity contribution < 1.29 is 13.9 Å². The molecule has 6 heteroatoms. The van der Waals surface area contributed by atoms with Crippen LogP contribution >= 0.6 is 11.3 Å². The van der Waals surface area contributed by atoms with Crippen LogP contribution < -0.4 is 10.1 Å². The molecule has 2 rings (SSSR count). The van der Waals surface area contributed by atoms with Gasteiger partial charge in [0.25, 0.3) is 5.91 Å². The Labute approximate surface area is 127 Å². The number of hydrogen-bond donors (Lipinski definition) is 1. The van der Waals surface area contributed by atoms with Gasteiger partial charge in [-0.2, -0.15) is 0 Å². The predicted octanol–water partition coefficient (Wildman–Crippen LogP) is 2.64. The van der Waals surface area contributed by atoms with Crippen LogP contribution in [0.5, 0.6) is 5.75 Å². The highest BCUT2D eigenvalue weighted by Gasteiger charge is 2.06. The lowest BCUT2D eigenvalue weighted by Gasteiger charge is -2.07. The third-order valence-corrected chi connectivity index (χ3v) is 3.97. The van der Waals surface area contributed by atoms with Crippen molar-refractivity contribution in [3.05, 3.63) is 45.7 Å². The molecule has 0 spiro atoms. The predicted molar refractivity (Wildman–Crippen MR) is 80.2 cm³/mol. The monoisotopic (exact) mass is 308 g/mol. The number of ether oxygens (including phenoxy) is 1. The van der Waals surface area contributed by atoms with Gasteiger partial charge in [-0.15, -0.1) is 11.3 Å². The number of thiazole rings is 1. The Hall–Kier alpha value is -1.95. The van der Waals surface area contributed by atoms with Crippen LogP contribution in [0.25, 0.3) is 0 Å². The van der Waals surface area contributed by atoms with E-state index in [1.54, 1.807) is 17.4 Å². The van der Waals surface area contributed by atoms with Gasteiger partial charge in [0.15, 0.2) is 6.61 Å². The van der Waals surface area contributed by atoms with Gasteiger partial charge in [0.2, 0.25) is 0 Å². The van der Waals surface area contributed by atoms with E-state index in [-0.39, 0.29) is 18.3 Å². The van der Waals surface area contributed by atoms with E-state index in [0.29, 0.717) is 12.3 Å². The molecule has 0 radical (unpaired) electrons. The third-order valence-electron chi connectivity index (χ3n) is 2.84. The number of carbonyl (C=O) groups excluding carboxylic acids is 1. The van der Waals surface area contributed by atoms with Crippen molar-refractivity contribution in [2.24, 2.45) is 0 Å². The zero-order valence-corrected chi connectivity index (χ0v) is 12.8. The van der Waals surface area contributed by atoms with Gasteiger partial charge in [-0.3, -0.25) is 4.79 Å². The first-order valence-electron chi connectivity index (χ1n) is 6.62. The smallest absolute Gasteiger partial charge is 0.257 e. The van der Waals surface area contributed by atoms with Gasteiger partial charge in [-0.05, 0) is 26.0 Å². The van der Waals surface area contributed by atoms with Crippen LogP contribution in [0.1, 0.15) is 15.6 Å². The average Bonchev–Trinajstić information content (AvgIpc) is 2.75. The molecule has 4 nitrogen and oxygen atoms in total. The number of halogens is 1. The first-order chi connectivity index (χ1) is 10.0. The van der Waals surface area contributed by atoms with E-state index in [0.717, 1.165) is 17.1 Å². The summed E-state index contributed by atoms with van der Waals surface area (Å²) in [5.74, 6) is -0.263. The van der Waals surface area contributed by atoms with Gasteiger partial charge in [-0.1, -0.05) is 6.07 Å². The highest BCUT2D eigenvalue weighted by molar-refractivity contribution is 7.11. The van der Waals surface area contributed by atoms with Crippen LogP contribution in [-0.2, 0) is 11.2 Å². The zero-order chi connectivity index (χ0) is 15.2. The minimum atomic E-state index is -0.385. The third kappa shape index (κ3) is 4.82. The summed E-state index contributed by atoms with van der Waals surface area (Å²) in [4.78, 5) is 17.2. The summed E-state index contributed by atoms with van der Waals surface area (Å²) >= 11 is 1.64. The van der Waals surface area contributed by atoms with E-state index >= 15 is 0 Å². The molecule has 0 aliphatic heterocycles. The Morgan fingerprint density at radius 3 is 2.90 bits per heavy atom. The van der Waals surface area contributed by atoms with Gasteiger partial charge in [0.05, 0.1) is 10.7 Å². The molecule has 0 aliphatic rings. The van der Waals surface area contributed by atoms with Gasteiger partial charge in [-0.25, -0.2) is 9.37 Å². The number of carbonyl (C=O) groups is 1. The Kier molecular flexibility index (Phi) is 5.27. The second-order valence-electron chi connectivity index (χ2n) is 4.59. The molecule has 0 atom stereocenters. The van der Waals surface area contributed by atoms with Crippen molar-refractivity contribution >= 4 is 17.2 Å². The number of nitrogens with one attached hydrogen (secondary N) is 1. The molecule has 1 heterocycles. The van der Waals surface area contributed by atoms with Crippen molar-refractivity contribution in [3.63, 3.8) is 0 Å². The molecule has 1 N–H and O–H groups in total. The molecule has 1 amide bonds. The van der Waals surface area contributed by atoms with Crippen LogP contribution in [0.15, 0.2) is 24.3 Å². The lowest BCUT2D eigenvalue weighted by Crippen LogP contribution is -2.30. The number of hydrogen-bond acceptors (Lipinski definition) is 4. The fraction of sp³-hybridized carbons (Fsp3) is 0.333. The molecule has 0 unspecified atom stereocenters. The van der Waals surface area contributed by atoms with Crippen LogP contribution in [0.2, 0.25) is 0 Å². The Morgan fingerprint density at radius 1 is 1.43 bits per heavy atom. The van der Waals surface area contributed by atoms with Crippen LogP contribution in [0.4, 0.5) is 4.39 Å². The van der Waals surface area contributed by atoms with E-state index in [9.17, 15) is 9.18 Å². The van der Waals surface area contributed by atoms with E-state index in [1.165, 1.54) is 23.1 Å². The van der Waals surface area contributed by atoms with E-state index < -0.39 is 0 Å². The fourth-order valence-corrected chi connectivity index (χ4v) is 2.81. The van der Waals surface area contributed by atoms with Crippen LogP contribution in [0, 0.1) is 19.7 Å². The summed E-state index contributed by atoms with van der Waals surface area (Å²) in [6.07, 6.45) is 0.753. The molecule has 1 aromatic heterocycles. The SMILES string of the molecule is Cc1nc(C)c(CCNC(=O)COc2cccc(F)c2)s1. The molecule has 112 valence electrons.